The number of rotatable bonds is 4. The normalized spacial score (nSPS) is 14.7. The van der Waals surface area contributed by atoms with Crippen LogP contribution in [0.25, 0.3) is 6.08 Å². The van der Waals surface area contributed by atoms with Gasteiger partial charge in [-0.1, -0.05) is 30.3 Å². The molecule has 0 unspecified atom stereocenters. The summed E-state index contributed by atoms with van der Waals surface area (Å²) in [6, 6.07) is 18.4. The molecule has 136 valence electrons. The van der Waals surface area contributed by atoms with Gasteiger partial charge in [-0.15, -0.1) is 0 Å². The Morgan fingerprint density at radius 2 is 1.70 bits per heavy atom. The molecule has 2 amide bonds. The maximum atomic E-state index is 12.3. The van der Waals surface area contributed by atoms with Crippen LogP contribution in [-0.2, 0) is 4.79 Å². The lowest BCUT2D eigenvalue weighted by Crippen LogP contribution is -2.46. The van der Waals surface area contributed by atoms with Crippen molar-refractivity contribution in [2.24, 2.45) is 0 Å². The van der Waals surface area contributed by atoms with Crippen molar-refractivity contribution in [2.75, 3.05) is 13.1 Å². The second-order valence-electron chi connectivity index (χ2n) is 6.51. The van der Waals surface area contributed by atoms with Crippen molar-refractivity contribution in [3.05, 3.63) is 77.4 Å². The van der Waals surface area contributed by atoms with E-state index in [4.69, 9.17) is 5.26 Å². The molecule has 0 aliphatic carbocycles. The highest BCUT2D eigenvalue weighted by Gasteiger charge is 2.23. The van der Waals surface area contributed by atoms with E-state index in [-0.39, 0.29) is 17.9 Å². The van der Waals surface area contributed by atoms with Crippen LogP contribution < -0.4 is 5.32 Å². The Hall–Kier alpha value is -3.39. The van der Waals surface area contributed by atoms with E-state index in [0.717, 1.165) is 18.4 Å². The number of nitriles is 1. The number of amides is 2. The molecule has 0 radical (unpaired) electrons. The molecule has 2 aromatic rings. The summed E-state index contributed by atoms with van der Waals surface area (Å²) >= 11 is 0. The molecule has 1 N–H and O–H groups in total. The molecule has 1 aliphatic heterocycles. The Bertz CT molecular complexity index is 859. The molecule has 27 heavy (non-hydrogen) atoms. The van der Waals surface area contributed by atoms with Crippen molar-refractivity contribution in [1.29, 1.82) is 5.26 Å². The van der Waals surface area contributed by atoms with Gasteiger partial charge in [0.25, 0.3) is 5.91 Å². The fraction of sp³-hybridized carbons (Fsp3) is 0.227. The first kappa shape index (κ1) is 18.4. The monoisotopic (exact) mass is 359 g/mol. The third-order valence-electron chi connectivity index (χ3n) is 4.64. The van der Waals surface area contributed by atoms with Gasteiger partial charge in [-0.3, -0.25) is 9.59 Å². The molecule has 0 saturated carbocycles. The van der Waals surface area contributed by atoms with Crippen molar-refractivity contribution >= 4 is 17.9 Å². The third kappa shape index (κ3) is 5.05. The van der Waals surface area contributed by atoms with E-state index in [1.807, 2.05) is 30.3 Å². The summed E-state index contributed by atoms with van der Waals surface area (Å²) in [4.78, 5) is 26.4. The summed E-state index contributed by atoms with van der Waals surface area (Å²) in [5.41, 5.74) is 2.13. The summed E-state index contributed by atoms with van der Waals surface area (Å²) in [6.07, 6.45) is 4.81. The van der Waals surface area contributed by atoms with E-state index >= 15 is 0 Å². The van der Waals surface area contributed by atoms with Crippen LogP contribution in [0.15, 0.2) is 60.7 Å². The molecular weight excluding hydrogens is 338 g/mol. The number of hydrogen-bond acceptors (Lipinski definition) is 3. The molecule has 5 nitrogen and oxygen atoms in total. The van der Waals surface area contributed by atoms with E-state index in [1.54, 1.807) is 41.3 Å². The highest BCUT2D eigenvalue weighted by molar-refractivity contribution is 5.94. The number of nitrogens with zero attached hydrogens (tertiary/aromatic N) is 2. The van der Waals surface area contributed by atoms with Crippen LogP contribution in [0.5, 0.6) is 0 Å². The first-order valence-corrected chi connectivity index (χ1v) is 8.99. The second-order valence-corrected chi connectivity index (χ2v) is 6.51. The molecule has 0 aromatic heterocycles. The quantitative estimate of drug-likeness (QED) is 0.853. The Kier molecular flexibility index (Phi) is 6.01. The summed E-state index contributed by atoms with van der Waals surface area (Å²) in [6.45, 7) is 1.24. The zero-order valence-corrected chi connectivity index (χ0v) is 15.0. The lowest BCUT2D eigenvalue weighted by atomic mass is 10.0. The molecule has 2 aromatic carbocycles. The van der Waals surface area contributed by atoms with Gasteiger partial charge in [0.05, 0.1) is 11.6 Å². The molecule has 1 heterocycles. The molecule has 1 fully saturated rings. The van der Waals surface area contributed by atoms with Crippen molar-refractivity contribution in [3.63, 3.8) is 0 Å². The Labute approximate surface area is 158 Å². The number of nitrogens with one attached hydrogen (secondary N) is 1. The number of piperidine rings is 1. The van der Waals surface area contributed by atoms with Gasteiger partial charge >= 0.3 is 0 Å². The maximum absolute atomic E-state index is 12.3. The maximum Gasteiger partial charge on any atom is 0.251 e. The predicted molar refractivity (Wildman–Crippen MR) is 104 cm³/mol. The fourth-order valence-electron chi connectivity index (χ4n) is 3.04. The number of hydrogen-bond donors (Lipinski definition) is 1. The van der Waals surface area contributed by atoms with E-state index in [1.165, 1.54) is 0 Å². The third-order valence-corrected chi connectivity index (χ3v) is 4.64. The van der Waals surface area contributed by atoms with Crippen LogP contribution in [0, 0.1) is 11.3 Å². The van der Waals surface area contributed by atoms with Crippen LogP contribution in [-0.4, -0.2) is 35.8 Å². The second kappa shape index (κ2) is 8.81. The van der Waals surface area contributed by atoms with Crippen molar-refractivity contribution in [1.82, 2.24) is 10.2 Å². The Morgan fingerprint density at radius 1 is 1.04 bits per heavy atom. The van der Waals surface area contributed by atoms with Gasteiger partial charge in [-0.05, 0) is 48.7 Å². The topological polar surface area (TPSA) is 73.2 Å². The van der Waals surface area contributed by atoms with Crippen LogP contribution in [0.2, 0.25) is 0 Å². The van der Waals surface area contributed by atoms with Crippen molar-refractivity contribution < 1.29 is 9.59 Å². The average molecular weight is 359 g/mol. The molecule has 0 atom stereocenters. The molecular formula is C22H21N3O2. The zero-order chi connectivity index (χ0) is 19.1. The molecule has 0 spiro atoms. The van der Waals surface area contributed by atoms with Gasteiger partial charge in [-0.25, -0.2) is 0 Å². The number of carbonyl (C=O) groups is 2. The van der Waals surface area contributed by atoms with Crippen LogP contribution in [0.3, 0.4) is 0 Å². The first-order chi connectivity index (χ1) is 13.2. The number of benzene rings is 2. The minimum atomic E-state index is -0.0684. The molecule has 5 heteroatoms. The Morgan fingerprint density at radius 3 is 2.33 bits per heavy atom. The highest BCUT2D eigenvalue weighted by Crippen LogP contribution is 2.13. The SMILES string of the molecule is N#Cc1ccc(/C=C/C(=O)N2CCC(NC(=O)c3ccccc3)CC2)cc1. The fourth-order valence-corrected chi connectivity index (χ4v) is 3.04. The van der Waals surface area contributed by atoms with Gasteiger partial charge in [-0.2, -0.15) is 5.26 Å². The van der Waals surface area contributed by atoms with E-state index in [2.05, 4.69) is 11.4 Å². The standard InChI is InChI=1S/C22H21N3O2/c23-16-18-8-6-17(7-9-18)10-11-21(26)25-14-12-20(13-15-25)24-22(27)19-4-2-1-3-5-19/h1-11,20H,12-15H2,(H,24,27)/b11-10+. The summed E-state index contributed by atoms with van der Waals surface area (Å²) in [5, 5.41) is 11.8. The van der Waals surface area contributed by atoms with Crippen LogP contribution in [0.4, 0.5) is 0 Å². The van der Waals surface area contributed by atoms with Crippen LogP contribution >= 0.6 is 0 Å². The summed E-state index contributed by atoms with van der Waals surface area (Å²) in [7, 11) is 0. The highest BCUT2D eigenvalue weighted by atomic mass is 16.2. The van der Waals surface area contributed by atoms with Crippen molar-refractivity contribution in [2.45, 2.75) is 18.9 Å². The van der Waals surface area contributed by atoms with Gasteiger partial charge in [0.2, 0.25) is 5.91 Å². The smallest absolute Gasteiger partial charge is 0.251 e. The van der Waals surface area contributed by atoms with Crippen molar-refractivity contribution in [3.8, 4) is 6.07 Å². The minimum absolute atomic E-state index is 0.0350. The lowest BCUT2D eigenvalue weighted by Gasteiger charge is -2.31. The molecule has 0 bridgehead atoms. The van der Waals surface area contributed by atoms with Gasteiger partial charge in [0, 0.05) is 30.8 Å². The largest absolute Gasteiger partial charge is 0.349 e. The molecule has 3 rings (SSSR count). The summed E-state index contributed by atoms with van der Waals surface area (Å²) < 4.78 is 0. The van der Waals surface area contributed by atoms with Gasteiger partial charge < -0.3 is 10.2 Å². The summed E-state index contributed by atoms with van der Waals surface area (Å²) in [5.74, 6) is -0.103. The predicted octanol–water partition coefficient (Wildman–Crippen LogP) is 2.99. The first-order valence-electron chi connectivity index (χ1n) is 8.99. The van der Waals surface area contributed by atoms with E-state index < -0.39 is 0 Å². The van der Waals surface area contributed by atoms with E-state index in [9.17, 15) is 9.59 Å². The van der Waals surface area contributed by atoms with Gasteiger partial charge in [0.15, 0.2) is 0 Å². The van der Waals surface area contributed by atoms with Gasteiger partial charge in [0.1, 0.15) is 0 Å². The molecule has 1 aliphatic rings. The van der Waals surface area contributed by atoms with Crippen LogP contribution in [0.1, 0.15) is 34.3 Å². The minimum Gasteiger partial charge on any atom is -0.349 e. The number of carbonyl (C=O) groups excluding carboxylic acids is 2. The van der Waals surface area contributed by atoms with E-state index in [0.29, 0.717) is 24.2 Å². The Balaban J connectivity index is 1.48. The average Bonchev–Trinajstić information content (AvgIpc) is 2.73. The lowest BCUT2D eigenvalue weighted by molar-refractivity contribution is -0.126. The molecule has 1 saturated heterocycles. The zero-order valence-electron chi connectivity index (χ0n) is 15.0. The number of likely N-dealkylation sites (tertiary alicyclic amines) is 1.